The third-order valence-electron chi connectivity index (χ3n) is 2.20. The van der Waals surface area contributed by atoms with E-state index in [1.807, 2.05) is 19.2 Å². The summed E-state index contributed by atoms with van der Waals surface area (Å²) >= 11 is 3.31. The molecule has 5 heteroatoms. The number of hydrogen-bond donors (Lipinski definition) is 1. The standard InChI is InChI=1S/C10H9BrN2O2/c1-2-8-12-9(10(14)15)7-5-6(11)3-4-13(7)8/h3-5H,2H2,1H3,(H,14,15). The molecule has 2 rings (SSSR count). The van der Waals surface area contributed by atoms with Crippen LogP contribution >= 0.6 is 15.9 Å². The van der Waals surface area contributed by atoms with Gasteiger partial charge in [0.25, 0.3) is 0 Å². The van der Waals surface area contributed by atoms with Gasteiger partial charge in [0.1, 0.15) is 5.82 Å². The molecule has 0 saturated heterocycles. The second-order valence-corrected chi connectivity index (χ2v) is 4.05. The number of aromatic carboxylic acids is 1. The summed E-state index contributed by atoms with van der Waals surface area (Å²) in [6.07, 6.45) is 2.52. The van der Waals surface area contributed by atoms with Crippen LogP contribution in [0.25, 0.3) is 5.52 Å². The van der Waals surface area contributed by atoms with Crippen LogP contribution in [-0.4, -0.2) is 20.5 Å². The third kappa shape index (κ3) is 1.63. The van der Waals surface area contributed by atoms with E-state index in [1.165, 1.54) is 0 Å². The molecule has 2 aromatic rings. The van der Waals surface area contributed by atoms with Gasteiger partial charge < -0.3 is 9.51 Å². The number of aromatic nitrogens is 2. The van der Waals surface area contributed by atoms with Crippen molar-refractivity contribution in [3.63, 3.8) is 0 Å². The van der Waals surface area contributed by atoms with Crippen LogP contribution < -0.4 is 0 Å². The Morgan fingerprint density at radius 2 is 2.40 bits per heavy atom. The topological polar surface area (TPSA) is 54.6 Å². The normalized spacial score (nSPS) is 10.8. The number of carbonyl (C=O) groups is 1. The first-order valence-electron chi connectivity index (χ1n) is 4.53. The number of imidazole rings is 1. The van der Waals surface area contributed by atoms with E-state index < -0.39 is 5.97 Å². The molecule has 0 aliphatic carbocycles. The molecule has 2 heterocycles. The van der Waals surface area contributed by atoms with Crippen LogP contribution in [0.15, 0.2) is 22.8 Å². The largest absolute Gasteiger partial charge is 0.476 e. The maximum Gasteiger partial charge on any atom is 0.356 e. The van der Waals surface area contributed by atoms with Gasteiger partial charge in [-0.25, -0.2) is 9.78 Å². The van der Waals surface area contributed by atoms with E-state index in [2.05, 4.69) is 20.9 Å². The van der Waals surface area contributed by atoms with Crippen molar-refractivity contribution in [3.8, 4) is 0 Å². The van der Waals surface area contributed by atoms with Gasteiger partial charge in [-0.2, -0.15) is 0 Å². The summed E-state index contributed by atoms with van der Waals surface area (Å²) in [4.78, 5) is 15.1. The molecule has 4 nitrogen and oxygen atoms in total. The molecule has 0 aromatic carbocycles. The first-order chi connectivity index (χ1) is 7.13. The average molecular weight is 269 g/mol. The fourth-order valence-corrected chi connectivity index (χ4v) is 1.86. The van der Waals surface area contributed by atoms with E-state index in [0.717, 1.165) is 10.3 Å². The number of rotatable bonds is 2. The van der Waals surface area contributed by atoms with E-state index in [0.29, 0.717) is 11.9 Å². The maximum atomic E-state index is 11.0. The number of aryl methyl sites for hydroxylation is 1. The lowest BCUT2D eigenvalue weighted by Gasteiger charge is -1.97. The van der Waals surface area contributed by atoms with E-state index in [9.17, 15) is 4.79 Å². The first kappa shape index (κ1) is 10.2. The Morgan fingerprint density at radius 3 is 3.00 bits per heavy atom. The predicted octanol–water partition coefficient (Wildman–Crippen LogP) is 2.36. The van der Waals surface area contributed by atoms with Gasteiger partial charge in [-0.05, 0) is 12.1 Å². The van der Waals surface area contributed by atoms with Crippen molar-refractivity contribution < 1.29 is 9.90 Å². The highest BCUT2D eigenvalue weighted by Gasteiger charge is 2.15. The lowest BCUT2D eigenvalue weighted by atomic mass is 10.3. The van der Waals surface area contributed by atoms with Crippen LogP contribution in [0.5, 0.6) is 0 Å². The summed E-state index contributed by atoms with van der Waals surface area (Å²) in [5.74, 6) is -0.236. The molecule has 15 heavy (non-hydrogen) atoms. The van der Waals surface area contributed by atoms with Crippen molar-refractivity contribution in [2.75, 3.05) is 0 Å². The number of carboxylic acids is 1. The third-order valence-corrected chi connectivity index (χ3v) is 2.69. The zero-order chi connectivity index (χ0) is 11.0. The Bertz CT molecular complexity index is 533. The molecule has 0 fully saturated rings. The average Bonchev–Trinajstić information content (AvgIpc) is 2.55. The summed E-state index contributed by atoms with van der Waals surface area (Å²) in [6.45, 7) is 1.95. The summed E-state index contributed by atoms with van der Waals surface area (Å²) in [7, 11) is 0. The second kappa shape index (κ2) is 3.66. The molecule has 0 radical (unpaired) electrons. The Kier molecular flexibility index (Phi) is 2.48. The van der Waals surface area contributed by atoms with Crippen LogP contribution in [0.1, 0.15) is 23.2 Å². The van der Waals surface area contributed by atoms with Crippen molar-refractivity contribution >= 4 is 27.4 Å². The van der Waals surface area contributed by atoms with Crippen molar-refractivity contribution in [2.24, 2.45) is 0 Å². The molecule has 0 unspecified atom stereocenters. The molecule has 0 atom stereocenters. The second-order valence-electron chi connectivity index (χ2n) is 3.14. The molecule has 0 bridgehead atoms. The highest BCUT2D eigenvalue weighted by molar-refractivity contribution is 9.10. The van der Waals surface area contributed by atoms with Crippen LogP contribution in [0.2, 0.25) is 0 Å². The Balaban J connectivity index is 2.81. The lowest BCUT2D eigenvalue weighted by molar-refractivity contribution is 0.0693. The van der Waals surface area contributed by atoms with Crippen LogP contribution in [0.4, 0.5) is 0 Å². The van der Waals surface area contributed by atoms with E-state index in [-0.39, 0.29) is 5.69 Å². The first-order valence-corrected chi connectivity index (χ1v) is 5.32. The molecule has 0 aliphatic rings. The minimum Gasteiger partial charge on any atom is -0.476 e. The van der Waals surface area contributed by atoms with Crippen molar-refractivity contribution in [2.45, 2.75) is 13.3 Å². The zero-order valence-electron chi connectivity index (χ0n) is 8.07. The molecule has 78 valence electrons. The molecule has 0 spiro atoms. The molecule has 2 aromatic heterocycles. The molecule has 0 aliphatic heterocycles. The van der Waals surface area contributed by atoms with Crippen LogP contribution in [0, 0.1) is 0 Å². The summed E-state index contributed by atoms with van der Waals surface area (Å²) in [5.41, 5.74) is 0.724. The Hall–Kier alpha value is -1.36. The molecule has 0 saturated carbocycles. The smallest absolute Gasteiger partial charge is 0.356 e. The highest BCUT2D eigenvalue weighted by Crippen LogP contribution is 2.18. The number of halogens is 1. The van der Waals surface area contributed by atoms with Gasteiger partial charge in [0.15, 0.2) is 5.69 Å². The van der Waals surface area contributed by atoms with E-state index in [1.54, 1.807) is 10.5 Å². The highest BCUT2D eigenvalue weighted by atomic mass is 79.9. The Labute approximate surface area is 94.7 Å². The quantitative estimate of drug-likeness (QED) is 0.910. The Morgan fingerprint density at radius 1 is 1.67 bits per heavy atom. The summed E-state index contributed by atoms with van der Waals surface area (Å²) < 4.78 is 2.65. The van der Waals surface area contributed by atoms with Crippen LogP contribution in [-0.2, 0) is 6.42 Å². The van der Waals surface area contributed by atoms with Gasteiger partial charge in [-0.3, -0.25) is 0 Å². The monoisotopic (exact) mass is 268 g/mol. The van der Waals surface area contributed by atoms with Gasteiger partial charge in [0.2, 0.25) is 0 Å². The van der Waals surface area contributed by atoms with Gasteiger partial charge in [0, 0.05) is 17.1 Å². The van der Waals surface area contributed by atoms with Gasteiger partial charge in [-0.1, -0.05) is 22.9 Å². The predicted molar refractivity (Wildman–Crippen MR) is 59.2 cm³/mol. The number of nitrogens with zero attached hydrogens (tertiary/aromatic N) is 2. The fourth-order valence-electron chi connectivity index (χ4n) is 1.53. The van der Waals surface area contributed by atoms with Gasteiger partial charge in [0.05, 0.1) is 5.52 Å². The van der Waals surface area contributed by atoms with Gasteiger partial charge in [-0.15, -0.1) is 0 Å². The summed E-state index contributed by atoms with van der Waals surface area (Å²) in [5, 5.41) is 8.99. The van der Waals surface area contributed by atoms with Crippen molar-refractivity contribution in [1.82, 2.24) is 9.38 Å². The molecular formula is C10H9BrN2O2. The summed E-state index contributed by atoms with van der Waals surface area (Å²) in [6, 6.07) is 3.62. The molecular weight excluding hydrogens is 260 g/mol. The number of fused-ring (bicyclic) bond motifs is 1. The van der Waals surface area contributed by atoms with Crippen molar-refractivity contribution in [1.29, 1.82) is 0 Å². The molecule has 0 amide bonds. The van der Waals surface area contributed by atoms with Crippen LogP contribution in [0.3, 0.4) is 0 Å². The molecule has 1 N–H and O–H groups in total. The maximum absolute atomic E-state index is 11.0. The zero-order valence-corrected chi connectivity index (χ0v) is 9.65. The number of carboxylic acid groups (broad SMARTS) is 1. The minimum absolute atomic E-state index is 0.105. The fraction of sp³-hybridized carbons (Fsp3) is 0.200. The number of hydrogen-bond acceptors (Lipinski definition) is 2. The van der Waals surface area contributed by atoms with Crippen molar-refractivity contribution in [3.05, 3.63) is 34.3 Å². The minimum atomic E-state index is -0.995. The SMILES string of the molecule is CCc1nc(C(=O)O)c2cc(Br)ccn12. The number of pyridine rings is 1. The van der Waals surface area contributed by atoms with E-state index in [4.69, 9.17) is 5.11 Å². The lowest BCUT2D eigenvalue weighted by Crippen LogP contribution is -1.97. The van der Waals surface area contributed by atoms with Gasteiger partial charge >= 0.3 is 5.97 Å². The van der Waals surface area contributed by atoms with E-state index >= 15 is 0 Å².